The highest BCUT2D eigenvalue weighted by Crippen LogP contribution is 2.45. The van der Waals surface area contributed by atoms with Crippen LogP contribution in [0.3, 0.4) is 0 Å². The summed E-state index contributed by atoms with van der Waals surface area (Å²) in [4.78, 5) is 0. The Labute approximate surface area is 138 Å². The largest absolute Gasteiger partial charge is 0.381 e. The van der Waals surface area contributed by atoms with Crippen molar-refractivity contribution in [2.24, 2.45) is 11.8 Å². The zero-order valence-corrected chi connectivity index (χ0v) is 15.0. The topological polar surface area (TPSA) is 18.5 Å². The highest BCUT2D eigenvalue weighted by Gasteiger charge is 2.48. The molecule has 2 heterocycles. The Morgan fingerprint density at radius 1 is 1.10 bits per heavy atom. The zero-order chi connectivity index (χ0) is 14.9. The van der Waals surface area contributed by atoms with Crippen molar-refractivity contribution in [1.29, 1.82) is 0 Å². The number of hydrogen-bond acceptors (Lipinski definition) is 2. The Morgan fingerprint density at radius 3 is 2.67 bits per heavy atom. The molecule has 0 amide bonds. The summed E-state index contributed by atoms with van der Waals surface area (Å²) >= 11 is 3.44. The van der Waals surface area contributed by atoms with E-state index in [-0.39, 0.29) is 0 Å². The molecule has 2 fully saturated rings. The number of unbranched alkanes of at least 4 members (excludes halogenated alkanes) is 3. The highest BCUT2D eigenvalue weighted by atomic mass is 79.9. The fourth-order valence-electron chi connectivity index (χ4n) is 3.82. The van der Waals surface area contributed by atoms with E-state index in [0.29, 0.717) is 18.1 Å². The summed E-state index contributed by atoms with van der Waals surface area (Å²) in [6.45, 7) is 4.10. The van der Waals surface area contributed by atoms with Crippen molar-refractivity contribution in [2.75, 3.05) is 18.5 Å². The first-order valence-electron chi connectivity index (χ1n) is 8.81. The van der Waals surface area contributed by atoms with Crippen molar-refractivity contribution in [1.82, 2.24) is 0 Å². The minimum Gasteiger partial charge on any atom is -0.381 e. The van der Waals surface area contributed by atoms with Crippen molar-refractivity contribution < 1.29 is 9.47 Å². The third-order valence-electron chi connectivity index (χ3n) is 4.97. The van der Waals surface area contributed by atoms with Gasteiger partial charge in [-0.1, -0.05) is 54.3 Å². The molecule has 0 spiro atoms. The van der Waals surface area contributed by atoms with Crippen LogP contribution in [-0.2, 0) is 9.47 Å². The molecule has 0 unspecified atom stereocenters. The van der Waals surface area contributed by atoms with Crippen LogP contribution >= 0.6 is 15.9 Å². The SMILES string of the molecule is CCCCCCOC[C@H]1[C@@H](CC/C=C\CBr)[C@H]2CC[C@@H]1O2. The third-order valence-corrected chi connectivity index (χ3v) is 5.34. The van der Waals surface area contributed by atoms with Gasteiger partial charge in [-0.05, 0) is 38.0 Å². The Bertz CT molecular complexity index is 306. The molecule has 122 valence electrons. The lowest BCUT2D eigenvalue weighted by molar-refractivity contribution is 0.0474. The van der Waals surface area contributed by atoms with E-state index < -0.39 is 0 Å². The molecule has 0 radical (unpaired) electrons. The maximum atomic E-state index is 6.14. The van der Waals surface area contributed by atoms with Crippen LogP contribution in [-0.4, -0.2) is 30.8 Å². The zero-order valence-electron chi connectivity index (χ0n) is 13.4. The van der Waals surface area contributed by atoms with Crippen molar-refractivity contribution in [3.63, 3.8) is 0 Å². The van der Waals surface area contributed by atoms with Crippen LogP contribution in [0.2, 0.25) is 0 Å². The van der Waals surface area contributed by atoms with Crippen LogP contribution in [0.25, 0.3) is 0 Å². The van der Waals surface area contributed by atoms with Gasteiger partial charge in [0.25, 0.3) is 0 Å². The third kappa shape index (κ3) is 5.37. The van der Waals surface area contributed by atoms with Gasteiger partial charge < -0.3 is 9.47 Å². The molecular weight excluding hydrogens is 328 g/mol. The van der Waals surface area contributed by atoms with Crippen molar-refractivity contribution >= 4 is 15.9 Å². The maximum Gasteiger partial charge on any atom is 0.0633 e. The number of alkyl halides is 1. The number of halogens is 1. The summed E-state index contributed by atoms with van der Waals surface area (Å²) in [5.41, 5.74) is 0. The number of fused-ring (bicyclic) bond motifs is 2. The van der Waals surface area contributed by atoms with Gasteiger partial charge in [0.2, 0.25) is 0 Å². The van der Waals surface area contributed by atoms with Crippen molar-refractivity contribution in [3.8, 4) is 0 Å². The first-order valence-corrected chi connectivity index (χ1v) is 9.93. The fraction of sp³-hybridized carbons (Fsp3) is 0.889. The van der Waals surface area contributed by atoms with Gasteiger partial charge in [0.1, 0.15) is 0 Å². The van der Waals surface area contributed by atoms with Gasteiger partial charge in [0.05, 0.1) is 18.8 Å². The first kappa shape index (κ1) is 17.5. The van der Waals surface area contributed by atoms with Crippen LogP contribution in [0.15, 0.2) is 12.2 Å². The summed E-state index contributed by atoms with van der Waals surface area (Å²) in [6.07, 6.45) is 15.6. The molecule has 2 rings (SSSR count). The predicted molar refractivity (Wildman–Crippen MR) is 92.0 cm³/mol. The normalized spacial score (nSPS) is 31.5. The molecule has 2 nitrogen and oxygen atoms in total. The molecule has 21 heavy (non-hydrogen) atoms. The molecule has 2 bridgehead atoms. The van der Waals surface area contributed by atoms with Crippen molar-refractivity contribution in [3.05, 3.63) is 12.2 Å². The monoisotopic (exact) mass is 358 g/mol. The molecule has 0 aromatic rings. The van der Waals surface area contributed by atoms with E-state index in [1.165, 1.54) is 51.4 Å². The van der Waals surface area contributed by atoms with E-state index in [2.05, 4.69) is 35.0 Å². The molecule has 0 N–H and O–H groups in total. The van der Waals surface area contributed by atoms with Crippen LogP contribution in [0.1, 0.15) is 58.3 Å². The van der Waals surface area contributed by atoms with Gasteiger partial charge in [0.15, 0.2) is 0 Å². The molecule has 3 heteroatoms. The van der Waals surface area contributed by atoms with Gasteiger partial charge >= 0.3 is 0 Å². The second-order valence-corrected chi connectivity index (χ2v) is 7.10. The molecule has 2 aliphatic heterocycles. The van der Waals surface area contributed by atoms with Crippen LogP contribution in [0.5, 0.6) is 0 Å². The average Bonchev–Trinajstić information content (AvgIpc) is 3.09. The van der Waals surface area contributed by atoms with E-state index in [1.807, 2.05) is 0 Å². The predicted octanol–water partition coefficient (Wildman–Crippen LogP) is 5.11. The fourth-order valence-corrected chi connectivity index (χ4v) is 4.09. The Kier molecular flexibility index (Phi) is 8.34. The summed E-state index contributed by atoms with van der Waals surface area (Å²) < 4.78 is 12.1. The lowest BCUT2D eigenvalue weighted by atomic mass is 9.77. The molecule has 0 aromatic heterocycles. The number of allylic oxidation sites excluding steroid dienone is 2. The summed E-state index contributed by atoms with van der Waals surface area (Å²) in [6, 6.07) is 0. The van der Waals surface area contributed by atoms with Gasteiger partial charge in [-0.3, -0.25) is 0 Å². The van der Waals surface area contributed by atoms with Crippen LogP contribution < -0.4 is 0 Å². The molecule has 2 saturated heterocycles. The Balaban J connectivity index is 1.67. The lowest BCUT2D eigenvalue weighted by Crippen LogP contribution is -2.31. The molecular formula is C18H31BrO2. The molecule has 0 aromatic carbocycles. The molecule has 0 saturated carbocycles. The van der Waals surface area contributed by atoms with E-state index in [9.17, 15) is 0 Å². The number of ether oxygens (including phenoxy) is 2. The molecule has 2 aliphatic rings. The minimum absolute atomic E-state index is 0.482. The maximum absolute atomic E-state index is 6.14. The van der Waals surface area contributed by atoms with E-state index in [4.69, 9.17) is 9.47 Å². The smallest absolute Gasteiger partial charge is 0.0633 e. The lowest BCUT2D eigenvalue weighted by Gasteiger charge is -2.27. The number of hydrogen-bond donors (Lipinski definition) is 0. The summed E-state index contributed by atoms with van der Waals surface area (Å²) in [7, 11) is 0. The van der Waals surface area contributed by atoms with Gasteiger partial charge in [0, 0.05) is 17.9 Å². The number of rotatable bonds is 11. The average molecular weight is 359 g/mol. The van der Waals surface area contributed by atoms with Gasteiger partial charge in [-0.25, -0.2) is 0 Å². The first-order chi connectivity index (χ1) is 10.4. The van der Waals surface area contributed by atoms with E-state index >= 15 is 0 Å². The standard InChI is InChI=1S/C18H31BrO2/c1-2-3-4-8-13-20-14-16-15(9-6-5-7-12-19)17-10-11-18(16)21-17/h5,7,15-18H,2-4,6,8-14H2,1H3/b7-5-/t15-,16+,17-,18+/m1/s1. The minimum atomic E-state index is 0.482. The van der Waals surface area contributed by atoms with Crippen molar-refractivity contribution in [2.45, 2.75) is 70.5 Å². The Morgan fingerprint density at radius 2 is 1.90 bits per heavy atom. The van der Waals surface area contributed by atoms with Gasteiger partial charge in [-0.2, -0.15) is 0 Å². The van der Waals surface area contributed by atoms with Crippen LogP contribution in [0, 0.1) is 11.8 Å². The molecule has 0 aliphatic carbocycles. The second kappa shape index (κ2) is 10.0. The molecule has 4 atom stereocenters. The highest BCUT2D eigenvalue weighted by molar-refractivity contribution is 9.09. The summed E-state index contributed by atoms with van der Waals surface area (Å²) in [5.74, 6) is 1.37. The van der Waals surface area contributed by atoms with Gasteiger partial charge in [-0.15, -0.1) is 0 Å². The van der Waals surface area contributed by atoms with E-state index in [1.54, 1.807) is 0 Å². The Hall–Kier alpha value is 0.140. The van der Waals surface area contributed by atoms with E-state index in [0.717, 1.165) is 24.5 Å². The van der Waals surface area contributed by atoms with Crippen LogP contribution in [0.4, 0.5) is 0 Å². The second-order valence-electron chi connectivity index (χ2n) is 6.46. The quantitative estimate of drug-likeness (QED) is 0.290. The summed E-state index contributed by atoms with van der Waals surface area (Å²) in [5, 5.41) is 0.963.